The van der Waals surface area contributed by atoms with Crippen molar-refractivity contribution in [2.45, 2.75) is 44.6 Å². The molecule has 0 aliphatic carbocycles. The summed E-state index contributed by atoms with van der Waals surface area (Å²) in [5, 5.41) is 10.9. The van der Waals surface area contributed by atoms with E-state index < -0.39 is 5.54 Å². The lowest BCUT2D eigenvalue weighted by Gasteiger charge is -2.37. The molecule has 1 aromatic carbocycles. The van der Waals surface area contributed by atoms with Crippen LogP contribution in [-0.4, -0.2) is 35.3 Å². The van der Waals surface area contributed by atoms with Gasteiger partial charge in [-0.3, -0.25) is 9.48 Å². The number of piperidine rings is 1. The number of nitrogens with one attached hydrogen (secondary N) is 2. The number of aryl methyl sites for hydroxylation is 1. The molecule has 0 saturated carbocycles. The van der Waals surface area contributed by atoms with Crippen LogP contribution in [0, 0.1) is 6.92 Å². The fourth-order valence-corrected chi connectivity index (χ4v) is 3.50. The molecule has 0 spiro atoms. The van der Waals surface area contributed by atoms with Crippen LogP contribution >= 0.6 is 12.4 Å². The van der Waals surface area contributed by atoms with Gasteiger partial charge in [0, 0.05) is 24.4 Å². The van der Waals surface area contributed by atoms with E-state index >= 15 is 0 Å². The van der Waals surface area contributed by atoms with Crippen LogP contribution in [0.2, 0.25) is 0 Å². The Morgan fingerprint density at radius 2 is 1.92 bits per heavy atom. The Morgan fingerprint density at radius 3 is 2.50 bits per heavy atom. The van der Waals surface area contributed by atoms with Crippen LogP contribution in [0.4, 0.5) is 0 Å². The number of aromatic nitrogens is 2. The minimum Gasteiger partial charge on any atom is -0.353 e. The SMILES string of the molecule is Cc1ccc(C(C)(C)CNC(=O)C2(n3cccn3)CCNCC2)cc1.Cl. The molecule has 6 heteroatoms. The molecule has 1 fully saturated rings. The first-order chi connectivity index (χ1) is 11.9. The third-order valence-corrected chi connectivity index (χ3v) is 5.32. The number of hydrogen-bond donors (Lipinski definition) is 2. The highest BCUT2D eigenvalue weighted by atomic mass is 35.5. The summed E-state index contributed by atoms with van der Waals surface area (Å²) in [5.41, 5.74) is 1.77. The number of nitrogens with zero attached hydrogens (tertiary/aromatic N) is 2. The molecular weight excluding hydrogens is 348 g/mol. The average molecular weight is 377 g/mol. The third kappa shape index (κ3) is 4.10. The second-order valence-corrected chi connectivity index (χ2v) is 7.66. The van der Waals surface area contributed by atoms with Crippen molar-refractivity contribution in [2.24, 2.45) is 0 Å². The van der Waals surface area contributed by atoms with E-state index in [4.69, 9.17) is 0 Å². The number of benzene rings is 1. The summed E-state index contributed by atoms with van der Waals surface area (Å²) in [6.07, 6.45) is 5.15. The maximum absolute atomic E-state index is 13.2. The van der Waals surface area contributed by atoms with Gasteiger partial charge in [-0.05, 0) is 44.5 Å². The predicted octanol–water partition coefficient (Wildman–Crippen LogP) is 2.79. The molecule has 2 heterocycles. The normalized spacial score (nSPS) is 16.6. The molecule has 1 aliphatic heterocycles. The van der Waals surface area contributed by atoms with Gasteiger partial charge < -0.3 is 10.6 Å². The van der Waals surface area contributed by atoms with Crippen molar-refractivity contribution in [1.82, 2.24) is 20.4 Å². The molecule has 1 aromatic heterocycles. The lowest BCUT2D eigenvalue weighted by molar-refractivity contribution is -0.132. The van der Waals surface area contributed by atoms with E-state index in [9.17, 15) is 4.79 Å². The van der Waals surface area contributed by atoms with Gasteiger partial charge in [-0.2, -0.15) is 5.10 Å². The van der Waals surface area contributed by atoms with Crippen molar-refractivity contribution in [3.05, 3.63) is 53.9 Å². The Bertz CT molecular complexity index is 704. The van der Waals surface area contributed by atoms with Gasteiger partial charge in [-0.25, -0.2) is 0 Å². The number of carbonyl (C=O) groups excluding carboxylic acids is 1. The highest BCUT2D eigenvalue weighted by molar-refractivity contribution is 5.85. The number of rotatable bonds is 5. The van der Waals surface area contributed by atoms with Crippen LogP contribution in [-0.2, 0) is 15.7 Å². The fraction of sp³-hybridized carbons (Fsp3) is 0.500. The van der Waals surface area contributed by atoms with Crippen LogP contribution in [0.3, 0.4) is 0 Å². The molecule has 1 saturated heterocycles. The molecule has 3 rings (SSSR count). The third-order valence-electron chi connectivity index (χ3n) is 5.32. The maximum Gasteiger partial charge on any atom is 0.248 e. The number of carbonyl (C=O) groups is 1. The van der Waals surface area contributed by atoms with Gasteiger partial charge in [0.1, 0.15) is 5.54 Å². The molecule has 142 valence electrons. The van der Waals surface area contributed by atoms with E-state index in [-0.39, 0.29) is 23.7 Å². The monoisotopic (exact) mass is 376 g/mol. The summed E-state index contributed by atoms with van der Waals surface area (Å²) >= 11 is 0. The summed E-state index contributed by atoms with van der Waals surface area (Å²) in [6.45, 7) is 8.68. The average Bonchev–Trinajstić information content (AvgIpc) is 3.16. The molecule has 0 unspecified atom stereocenters. The fourth-order valence-electron chi connectivity index (χ4n) is 3.50. The van der Waals surface area contributed by atoms with Crippen molar-refractivity contribution in [1.29, 1.82) is 0 Å². The zero-order chi connectivity index (χ0) is 17.9. The lowest BCUT2D eigenvalue weighted by Crippen LogP contribution is -2.56. The second kappa shape index (κ2) is 8.23. The Balaban J connectivity index is 0.00000243. The van der Waals surface area contributed by atoms with Gasteiger partial charge in [0.2, 0.25) is 5.91 Å². The highest BCUT2D eigenvalue weighted by Gasteiger charge is 2.42. The zero-order valence-electron chi connectivity index (χ0n) is 15.8. The Kier molecular flexibility index (Phi) is 6.48. The number of hydrogen-bond acceptors (Lipinski definition) is 3. The first-order valence-electron chi connectivity index (χ1n) is 9.00. The van der Waals surface area contributed by atoms with Crippen LogP contribution in [0.1, 0.15) is 37.8 Å². The highest BCUT2D eigenvalue weighted by Crippen LogP contribution is 2.28. The van der Waals surface area contributed by atoms with Gasteiger partial charge in [-0.15, -0.1) is 12.4 Å². The Morgan fingerprint density at radius 1 is 1.27 bits per heavy atom. The number of halogens is 1. The van der Waals surface area contributed by atoms with Crippen LogP contribution in [0.5, 0.6) is 0 Å². The molecule has 0 radical (unpaired) electrons. The first-order valence-corrected chi connectivity index (χ1v) is 9.00. The predicted molar refractivity (Wildman–Crippen MR) is 107 cm³/mol. The topological polar surface area (TPSA) is 59.0 Å². The van der Waals surface area contributed by atoms with E-state index in [0.29, 0.717) is 6.54 Å². The van der Waals surface area contributed by atoms with Crippen molar-refractivity contribution < 1.29 is 4.79 Å². The Labute approximate surface area is 162 Å². The molecule has 0 atom stereocenters. The molecule has 2 aromatic rings. The van der Waals surface area contributed by atoms with Gasteiger partial charge in [0.05, 0.1) is 0 Å². The van der Waals surface area contributed by atoms with Gasteiger partial charge in [-0.1, -0.05) is 43.7 Å². The zero-order valence-corrected chi connectivity index (χ0v) is 16.6. The maximum atomic E-state index is 13.2. The van der Waals surface area contributed by atoms with Crippen LogP contribution < -0.4 is 10.6 Å². The minimum atomic E-state index is -0.585. The van der Waals surface area contributed by atoms with Gasteiger partial charge in [0.15, 0.2) is 0 Å². The van der Waals surface area contributed by atoms with E-state index in [1.54, 1.807) is 6.20 Å². The molecule has 1 aliphatic rings. The minimum absolute atomic E-state index is 0. The van der Waals surface area contributed by atoms with Crippen molar-refractivity contribution in [2.75, 3.05) is 19.6 Å². The largest absolute Gasteiger partial charge is 0.353 e. The van der Waals surface area contributed by atoms with Crippen molar-refractivity contribution in [3.8, 4) is 0 Å². The summed E-state index contributed by atoms with van der Waals surface area (Å²) in [4.78, 5) is 13.2. The van der Waals surface area contributed by atoms with Crippen LogP contribution in [0.15, 0.2) is 42.7 Å². The molecule has 0 bridgehead atoms. The van der Waals surface area contributed by atoms with Gasteiger partial charge in [0.25, 0.3) is 0 Å². The standard InChI is InChI=1S/C20H28N4O.ClH/c1-16-5-7-17(8-6-16)19(2,3)15-22-18(25)20(9-12-21-13-10-20)24-14-4-11-23-24;/h4-8,11,14,21H,9-10,12-13,15H2,1-3H3,(H,22,25);1H. The van der Waals surface area contributed by atoms with E-state index in [2.05, 4.69) is 60.8 Å². The molecular formula is C20H29ClN4O. The van der Waals surface area contributed by atoms with Crippen LogP contribution in [0.25, 0.3) is 0 Å². The van der Waals surface area contributed by atoms with Crippen molar-refractivity contribution in [3.63, 3.8) is 0 Å². The molecule has 2 N–H and O–H groups in total. The summed E-state index contributed by atoms with van der Waals surface area (Å²) in [6, 6.07) is 10.4. The van der Waals surface area contributed by atoms with Gasteiger partial charge >= 0.3 is 0 Å². The summed E-state index contributed by atoms with van der Waals surface area (Å²) < 4.78 is 1.84. The second-order valence-electron chi connectivity index (χ2n) is 7.66. The number of amides is 1. The van der Waals surface area contributed by atoms with Crippen molar-refractivity contribution >= 4 is 18.3 Å². The molecule has 26 heavy (non-hydrogen) atoms. The summed E-state index contributed by atoms with van der Waals surface area (Å²) in [7, 11) is 0. The quantitative estimate of drug-likeness (QED) is 0.843. The lowest BCUT2D eigenvalue weighted by atomic mass is 9.83. The molecule has 5 nitrogen and oxygen atoms in total. The Hall–Kier alpha value is -1.85. The first kappa shape index (κ1) is 20.5. The van der Waals surface area contributed by atoms with E-state index in [1.807, 2.05) is 16.9 Å². The van der Waals surface area contributed by atoms with E-state index in [0.717, 1.165) is 25.9 Å². The summed E-state index contributed by atoms with van der Waals surface area (Å²) in [5.74, 6) is 0.0675. The smallest absolute Gasteiger partial charge is 0.248 e. The molecule has 1 amide bonds. The van der Waals surface area contributed by atoms with E-state index in [1.165, 1.54) is 11.1 Å².